The second-order valence-corrected chi connectivity index (χ2v) is 0.885. The molecular weight excluding hydrogens is 71.3 g/mol. The van der Waals surface area contributed by atoms with Gasteiger partial charge in [0.15, 0.2) is 0 Å². The van der Waals surface area contributed by atoms with E-state index in [2.05, 4.69) is 5.51 Å². The van der Waals surface area contributed by atoms with Crippen LogP contribution < -0.4 is 0 Å². The monoisotopic (exact) mass is 74.0 g/mol. The Morgan fingerprint density at radius 2 is 1.50 bits per heavy atom. The van der Waals surface area contributed by atoms with Crippen molar-refractivity contribution in [2.75, 3.05) is 0 Å². The molecule has 1 aliphatic rings. The first-order valence-corrected chi connectivity index (χ1v) is 1.58. The largest absolute Gasteiger partial charge is 0.412 e. The van der Waals surface area contributed by atoms with Crippen molar-refractivity contribution < 1.29 is 5.48 Å². The molecule has 2 N–H and O–H groups in total. The van der Waals surface area contributed by atoms with Crippen LogP contribution in [0.1, 0.15) is 0 Å². The van der Waals surface area contributed by atoms with Crippen LogP contribution in [-0.4, -0.2) is 38.0 Å². The fraction of sp³-hybridized carbons (Fsp3) is 0. The number of hydrogen-bond acceptors (Lipinski definition) is 0. The van der Waals surface area contributed by atoms with Gasteiger partial charge in [-0.2, -0.15) is 0 Å². The summed E-state index contributed by atoms with van der Waals surface area (Å²) in [6.45, 7) is 7.64. The third-order valence-corrected chi connectivity index (χ3v) is 0.496. The van der Waals surface area contributed by atoms with Crippen molar-refractivity contribution in [1.82, 2.24) is 0 Å². The first kappa shape index (κ1) is 6.00. The molecule has 0 amide bonds. The molecule has 24 valence electrons. The third-order valence-electron chi connectivity index (χ3n) is 0.496. The van der Waals surface area contributed by atoms with Gasteiger partial charge in [-0.15, -0.1) is 0 Å². The summed E-state index contributed by atoms with van der Waals surface area (Å²) >= 11 is 0. The van der Waals surface area contributed by atoms with Gasteiger partial charge in [0.25, 0.3) is 0 Å². The first-order chi connectivity index (χ1) is 2.50. The zero-order valence-electron chi connectivity index (χ0n) is 3.31. The van der Waals surface area contributed by atoms with Gasteiger partial charge in [-0.1, -0.05) is 0 Å². The van der Waals surface area contributed by atoms with Gasteiger partial charge in [-0.05, 0) is 0 Å². The summed E-state index contributed by atoms with van der Waals surface area (Å²) in [4.78, 5) is 0. The van der Waals surface area contributed by atoms with Gasteiger partial charge in [0.2, 0.25) is 0 Å². The van der Waals surface area contributed by atoms with Crippen molar-refractivity contribution in [3.8, 4) is 0 Å². The average Bonchev–Trinajstić information content (AvgIpc) is 1.76. The molecule has 0 fully saturated rings. The summed E-state index contributed by atoms with van der Waals surface area (Å²) < 4.78 is 0. The zero-order valence-corrected chi connectivity index (χ0v) is 3.31. The van der Waals surface area contributed by atoms with Gasteiger partial charge in [-0.25, -0.2) is 0 Å². The first-order valence-electron chi connectivity index (χ1n) is 1.58. The average molecular weight is 73.3 g/mol. The fourth-order valence-corrected chi connectivity index (χ4v) is 0.278. The molecule has 0 bridgehead atoms. The molecule has 0 unspecified atom stereocenters. The predicted octanol–water partition coefficient (Wildman–Crippen LogP) is -2.63. The van der Waals surface area contributed by atoms with Gasteiger partial charge < -0.3 is 5.48 Å². The second-order valence-electron chi connectivity index (χ2n) is 0.885. The normalized spacial score (nSPS) is 6.67. The Kier molecular flexibility index (Phi) is 3.20. The molecule has 0 aromatic heterocycles. The van der Waals surface area contributed by atoms with Crippen LogP contribution in [0.25, 0.3) is 0 Å². The van der Waals surface area contributed by atoms with E-state index in [0.717, 1.165) is 0 Å². The van der Waals surface area contributed by atoms with Crippen LogP contribution in [0, 0.1) is 0 Å². The fourth-order valence-electron chi connectivity index (χ4n) is 0.278. The van der Waals surface area contributed by atoms with Gasteiger partial charge in [0.1, 0.15) is 0 Å². The van der Waals surface area contributed by atoms with Crippen LogP contribution in [0.5, 0.6) is 0 Å². The van der Waals surface area contributed by atoms with Gasteiger partial charge in [0, 0.05) is 0 Å². The van der Waals surface area contributed by atoms with Crippen molar-refractivity contribution in [3.05, 3.63) is 0 Å². The summed E-state index contributed by atoms with van der Waals surface area (Å²) in [5.74, 6) is 0. The Balaban J connectivity index is 0.000000250. The van der Waals surface area contributed by atoms with Crippen molar-refractivity contribution in [3.63, 3.8) is 0 Å². The van der Waals surface area contributed by atoms with E-state index in [9.17, 15) is 0 Å². The Bertz CT molecular complexity index is 98.7. The van der Waals surface area contributed by atoms with E-state index in [-0.39, 0.29) is 5.48 Å². The molecule has 1 aliphatic heterocycles. The molecule has 1 heterocycles. The molecule has 0 aromatic carbocycles. The van der Waals surface area contributed by atoms with E-state index in [1.54, 1.807) is 0 Å². The summed E-state index contributed by atoms with van der Waals surface area (Å²) in [7, 11) is 0. The number of hydrogen-bond donors (Lipinski definition) is 0. The van der Waals surface area contributed by atoms with Crippen LogP contribution in [0.4, 0.5) is 0 Å². The van der Waals surface area contributed by atoms with Crippen molar-refractivity contribution in [2.24, 2.45) is 0 Å². The summed E-state index contributed by atoms with van der Waals surface area (Å²) in [6.07, 6.45) is 0. The van der Waals surface area contributed by atoms with Gasteiger partial charge >= 0.3 is 32.5 Å². The summed E-state index contributed by atoms with van der Waals surface area (Å²) in [5.41, 5.74) is 2.86. The smallest absolute Gasteiger partial charge is 0.412 e. The molecule has 0 atom stereocenters. The minimum Gasteiger partial charge on any atom is -0.412 e. The molecule has 0 saturated heterocycles. The zero-order chi connectivity index (χ0) is 3.54. The SMILES string of the molecule is B1=BB=C=B1.O. The molecule has 1 nitrogen and oxygen atoms in total. The van der Waals surface area contributed by atoms with Crippen LogP contribution in [0.3, 0.4) is 0 Å². The maximum atomic E-state index is 2.86. The topological polar surface area (TPSA) is 31.5 Å². The van der Waals surface area contributed by atoms with E-state index < -0.39 is 0 Å². The van der Waals surface area contributed by atoms with Crippen LogP contribution >= 0.6 is 0 Å². The Morgan fingerprint density at radius 1 is 1.00 bits per heavy atom. The maximum absolute atomic E-state index is 2.86. The van der Waals surface area contributed by atoms with Crippen LogP contribution in [0.2, 0.25) is 0 Å². The Morgan fingerprint density at radius 3 is 1.67 bits per heavy atom. The van der Waals surface area contributed by atoms with E-state index in [1.165, 1.54) is 0 Å². The van der Waals surface area contributed by atoms with Crippen LogP contribution in [0.15, 0.2) is 0 Å². The van der Waals surface area contributed by atoms with E-state index >= 15 is 0 Å². The molecule has 0 saturated carbocycles. The van der Waals surface area contributed by atoms with Crippen LogP contribution in [-0.2, 0) is 0 Å². The molecular formula is CH2B4O. The quantitative estimate of drug-likeness (QED) is 0.281. The Labute approximate surface area is 38.9 Å². The Hall–Kier alpha value is -0.000260. The minimum absolute atomic E-state index is 0. The van der Waals surface area contributed by atoms with Gasteiger partial charge in [-0.3, -0.25) is 0 Å². The standard InChI is InChI=1S/CB4.H2O/c1-2-4-5-3-1;/h;1H2. The molecule has 5 heteroatoms. The molecule has 6 heavy (non-hydrogen) atoms. The van der Waals surface area contributed by atoms with E-state index in [4.69, 9.17) is 0 Å². The molecule has 1 rings (SSSR count). The molecule has 0 radical (unpaired) electrons. The van der Waals surface area contributed by atoms with Gasteiger partial charge in [0.05, 0.1) is 0 Å². The minimum atomic E-state index is 0. The maximum Gasteiger partial charge on any atom is -0.412 e. The molecule has 0 spiro atoms. The van der Waals surface area contributed by atoms with Crippen molar-refractivity contribution >= 4 is 32.5 Å². The predicted molar refractivity (Wildman–Crippen MR) is 31.6 cm³/mol. The molecule has 0 aliphatic carbocycles. The summed E-state index contributed by atoms with van der Waals surface area (Å²) in [6, 6.07) is 0. The summed E-state index contributed by atoms with van der Waals surface area (Å²) in [5, 5.41) is 0. The van der Waals surface area contributed by atoms with E-state index in [0.29, 0.717) is 0 Å². The number of rotatable bonds is 0. The van der Waals surface area contributed by atoms with Crippen molar-refractivity contribution in [1.29, 1.82) is 0 Å². The third kappa shape index (κ3) is 1.44. The van der Waals surface area contributed by atoms with Crippen molar-refractivity contribution in [2.45, 2.75) is 0 Å². The van der Waals surface area contributed by atoms with E-state index in [1.807, 2.05) is 27.0 Å². The second kappa shape index (κ2) is 3.20. The molecule has 0 aromatic rings.